The average Bonchev–Trinajstić information content (AvgIpc) is 2.54. The number of aryl methyl sites for hydroxylation is 2. The van der Waals surface area contributed by atoms with Crippen molar-refractivity contribution in [2.24, 2.45) is 0 Å². The topological polar surface area (TPSA) is 53.1 Å². The van der Waals surface area contributed by atoms with E-state index in [1.54, 1.807) is 6.20 Å². The number of nitrogens with one attached hydrogen (secondary N) is 1. The van der Waals surface area contributed by atoms with Crippen molar-refractivity contribution >= 4 is 0 Å². The number of unbranched alkanes of at least 4 members (excludes halogenated alkanes) is 1. The summed E-state index contributed by atoms with van der Waals surface area (Å²) in [6.07, 6.45) is 5.95. The highest BCUT2D eigenvalue weighted by Gasteiger charge is 2.17. The standard InChI is InChI=1S/C19H25NO2/c1-4-7-11-15-18(21)16(12-20-19(15)22)17-13(5-2)9-8-10-14(17)6-3/h8-10,12H,4-7,11H2,1-3H3,(H2,20,21,22). The van der Waals surface area contributed by atoms with Gasteiger partial charge in [-0.15, -0.1) is 0 Å². The third-order valence-corrected chi connectivity index (χ3v) is 4.21. The number of H-pyrrole nitrogens is 1. The molecule has 0 unspecified atom stereocenters. The van der Waals surface area contributed by atoms with Gasteiger partial charge in [0.05, 0.1) is 5.56 Å². The highest BCUT2D eigenvalue weighted by molar-refractivity contribution is 5.76. The Hall–Kier alpha value is -2.03. The molecule has 0 amide bonds. The van der Waals surface area contributed by atoms with Crippen molar-refractivity contribution in [1.82, 2.24) is 4.98 Å². The van der Waals surface area contributed by atoms with E-state index in [9.17, 15) is 9.90 Å². The molecular weight excluding hydrogens is 274 g/mol. The van der Waals surface area contributed by atoms with E-state index < -0.39 is 0 Å². The summed E-state index contributed by atoms with van der Waals surface area (Å²) in [4.78, 5) is 14.8. The molecule has 118 valence electrons. The smallest absolute Gasteiger partial charge is 0.254 e. The van der Waals surface area contributed by atoms with E-state index in [-0.39, 0.29) is 11.3 Å². The zero-order chi connectivity index (χ0) is 16.1. The van der Waals surface area contributed by atoms with Crippen molar-refractivity contribution in [2.45, 2.75) is 52.9 Å². The van der Waals surface area contributed by atoms with Crippen molar-refractivity contribution in [3.8, 4) is 16.9 Å². The van der Waals surface area contributed by atoms with Crippen LogP contribution in [0.15, 0.2) is 29.2 Å². The van der Waals surface area contributed by atoms with Crippen LogP contribution >= 0.6 is 0 Å². The largest absolute Gasteiger partial charge is 0.507 e. The number of aromatic hydroxyl groups is 1. The first-order valence-corrected chi connectivity index (χ1v) is 8.18. The lowest BCUT2D eigenvalue weighted by atomic mass is 9.91. The fourth-order valence-corrected chi connectivity index (χ4v) is 2.93. The molecule has 2 aromatic rings. The van der Waals surface area contributed by atoms with Crippen LogP contribution < -0.4 is 5.56 Å². The molecule has 2 rings (SSSR count). The Morgan fingerprint density at radius 2 is 1.73 bits per heavy atom. The normalized spacial score (nSPS) is 10.9. The molecule has 0 radical (unpaired) electrons. The summed E-state index contributed by atoms with van der Waals surface area (Å²) in [5.74, 6) is 0.146. The summed E-state index contributed by atoms with van der Waals surface area (Å²) in [7, 11) is 0. The maximum absolute atomic E-state index is 12.0. The molecule has 0 fully saturated rings. The predicted molar refractivity (Wildman–Crippen MR) is 91.5 cm³/mol. The van der Waals surface area contributed by atoms with Gasteiger partial charge in [0.25, 0.3) is 5.56 Å². The Balaban J connectivity index is 2.66. The lowest BCUT2D eigenvalue weighted by molar-refractivity contribution is 0.466. The van der Waals surface area contributed by atoms with Crippen molar-refractivity contribution in [1.29, 1.82) is 0 Å². The molecule has 3 heteroatoms. The monoisotopic (exact) mass is 299 g/mol. The number of hydrogen-bond acceptors (Lipinski definition) is 2. The minimum absolute atomic E-state index is 0.146. The molecule has 0 aliphatic rings. The van der Waals surface area contributed by atoms with Crippen LogP contribution in [0.4, 0.5) is 0 Å². The van der Waals surface area contributed by atoms with Crippen LogP contribution in [0.5, 0.6) is 5.75 Å². The van der Waals surface area contributed by atoms with Crippen LogP contribution in [0.1, 0.15) is 50.3 Å². The third kappa shape index (κ3) is 3.08. The molecule has 1 heterocycles. The van der Waals surface area contributed by atoms with E-state index in [4.69, 9.17) is 0 Å². The summed E-state index contributed by atoms with van der Waals surface area (Å²) in [6.45, 7) is 6.30. The lowest BCUT2D eigenvalue weighted by Gasteiger charge is -2.16. The van der Waals surface area contributed by atoms with E-state index in [2.05, 4.69) is 44.0 Å². The summed E-state index contributed by atoms with van der Waals surface area (Å²) >= 11 is 0. The maximum Gasteiger partial charge on any atom is 0.254 e. The number of rotatable bonds is 6. The van der Waals surface area contributed by atoms with Crippen LogP contribution in [-0.4, -0.2) is 10.1 Å². The number of aromatic nitrogens is 1. The molecule has 0 saturated heterocycles. The van der Waals surface area contributed by atoms with Gasteiger partial charge in [0.15, 0.2) is 0 Å². The second-order valence-electron chi connectivity index (χ2n) is 5.62. The highest BCUT2D eigenvalue weighted by Crippen LogP contribution is 2.35. The van der Waals surface area contributed by atoms with Gasteiger partial charge in [-0.05, 0) is 42.4 Å². The fraction of sp³-hybridized carbons (Fsp3) is 0.421. The Bertz CT molecular complexity index is 679. The number of pyridine rings is 1. The second kappa shape index (κ2) is 7.30. The van der Waals surface area contributed by atoms with Crippen molar-refractivity contribution in [3.63, 3.8) is 0 Å². The van der Waals surface area contributed by atoms with E-state index in [0.29, 0.717) is 12.0 Å². The molecular formula is C19H25NO2. The first kappa shape index (κ1) is 16.3. The van der Waals surface area contributed by atoms with Crippen LogP contribution in [0, 0.1) is 0 Å². The van der Waals surface area contributed by atoms with Gasteiger partial charge in [-0.1, -0.05) is 45.4 Å². The minimum atomic E-state index is -0.179. The second-order valence-corrected chi connectivity index (χ2v) is 5.62. The third-order valence-electron chi connectivity index (χ3n) is 4.21. The van der Waals surface area contributed by atoms with Gasteiger partial charge in [-0.25, -0.2) is 0 Å². The molecule has 1 aromatic heterocycles. The van der Waals surface area contributed by atoms with Crippen molar-refractivity contribution in [2.75, 3.05) is 0 Å². The van der Waals surface area contributed by atoms with Crippen molar-refractivity contribution in [3.05, 3.63) is 51.4 Å². The fourth-order valence-electron chi connectivity index (χ4n) is 2.93. The van der Waals surface area contributed by atoms with Gasteiger partial charge < -0.3 is 10.1 Å². The van der Waals surface area contributed by atoms with Gasteiger partial charge >= 0.3 is 0 Å². The van der Waals surface area contributed by atoms with Crippen LogP contribution in [0.3, 0.4) is 0 Å². The summed E-state index contributed by atoms with van der Waals surface area (Å²) in [5, 5.41) is 10.7. The van der Waals surface area contributed by atoms with E-state index >= 15 is 0 Å². The van der Waals surface area contributed by atoms with Gasteiger partial charge in [0, 0.05) is 11.8 Å². The van der Waals surface area contributed by atoms with E-state index in [1.165, 1.54) is 11.1 Å². The molecule has 3 nitrogen and oxygen atoms in total. The van der Waals surface area contributed by atoms with Gasteiger partial charge in [-0.2, -0.15) is 0 Å². The first-order chi connectivity index (χ1) is 10.6. The Morgan fingerprint density at radius 3 is 2.27 bits per heavy atom. The van der Waals surface area contributed by atoms with Gasteiger partial charge in [-0.3, -0.25) is 4.79 Å². The molecule has 0 bridgehead atoms. The van der Waals surface area contributed by atoms with Crippen LogP contribution in [-0.2, 0) is 19.3 Å². The van der Waals surface area contributed by atoms with Gasteiger partial charge in [0.1, 0.15) is 5.75 Å². The molecule has 0 spiro atoms. The summed E-state index contributed by atoms with van der Waals surface area (Å²) in [6, 6.07) is 6.23. The summed E-state index contributed by atoms with van der Waals surface area (Å²) < 4.78 is 0. The lowest BCUT2D eigenvalue weighted by Crippen LogP contribution is -2.13. The zero-order valence-corrected chi connectivity index (χ0v) is 13.7. The SMILES string of the molecule is CCCCc1c(O)c(-c2c(CC)cccc2CC)c[nH]c1=O. The van der Waals surface area contributed by atoms with Gasteiger partial charge in [0.2, 0.25) is 0 Å². The van der Waals surface area contributed by atoms with Crippen LogP contribution in [0.25, 0.3) is 11.1 Å². The molecule has 0 saturated carbocycles. The molecule has 0 aliphatic heterocycles. The Labute approximate surface area is 132 Å². The average molecular weight is 299 g/mol. The molecule has 1 aromatic carbocycles. The van der Waals surface area contributed by atoms with Crippen molar-refractivity contribution < 1.29 is 5.11 Å². The number of hydrogen-bond donors (Lipinski definition) is 2. The first-order valence-electron chi connectivity index (χ1n) is 8.18. The minimum Gasteiger partial charge on any atom is -0.507 e. The van der Waals surface area contributed by atoms with Crippen LogP contribution in [0.2, 0.25) is 0 Å². The predicted octanol–water partition coefficient (Wildman–Crippen LogP) is 4.21. The molecule has 2 N–H and O–H groups in total. The highest BCUT2D eigenvalue weighted by atomic mass is 16.3. The van der Waals surface area contributed by atoms with E-state index in [1.807, 2.05) is 0 Å². The number of benzene rings is 1. The Morgan fingerprint density at radius 1 is 1.09 bits per heavy atom. The molecule has 0 atom stereocenters. The zero-order valence-electron chi connectivity index (χ0n) is 13.7. The summed E-state index contributed by atoms with van der Waals surface area (Å²) in [5.41, 5.74) is 4.54. The maximum atomic E-state index is 12.0. The molecule has 0 aliphatic carbocycles. The Kier molecular flexibility index (Phi) is 5.42. The van der Waals surface area contributed by atoms with E-state index in [0.717, 1.165) is 36.8 Å². The molecule has 22 heavy (non-hydrogen) atoms. The number of aromatic amines is 1. The quantitative estimate of drug-likeness (QED) is 0.839.